The van der Waals surface area contributed by atoms with Gasteiger partial charge in [0.05, 0.1) is 11.0 Å². The maximum atomic E-state index is 11.8. The zero-order chi connectivity index (χ0) is 12.1. The summed E-state index contributed by atoms with van der Waals surface area (Å²) in [6.07, 6.45) is 0. The van der Waals surface area contributed by atoms with Crippen molar-refractivity contribution in [2.75, 3.05) is 18.8 Å². The fourth-order valence-corrected chi connectivity index (χ4v) is 2.84. The lowest BCUT2D eigenvalue weighted by molar-refractivity contribution is 0.534. The topological polar surface area (TPSA) is 46.2 Å². The van der Waals surface area contributed by atoms with Crippen LogP contribution in [-0.4, -0.2) is 32.5 Å². The molecule has 0 rings (SSSR count). The van der Waals surface area contributed by atoms with Crippen molar-refractivity contribution < 1.29 is 8.42 Å². The van der Waals surface area contributed by atoms with Gasteiger partial charge < -0.3 is 5.32 Å². The van der Waals surface area contributed by atoms with Crippen molar-refractivity contribution in [2.45, 2.75) is 39.9 Å². The van der Waals surface area contributed by atoms with Crippen LogP contribution in [0.1, 0.15) is 34.6 Å². The normalized spacial score (nSPS) is 14.9. The Bertz CT molecular complexity index is 258. The summed E-state index contributed by atoms with van der Waals surface area (Å²) in [6, 6.07) is 0. The third-order valence-electron chi connectivity index (χ3n) is 2.62. The smallest absolute Gasteiger partial charge is 0.154 e. The molecule has 0 amide bonds. The molecule has 0 bridgehead atoms. The zero-order valence-corrected chi connectivity index (χ0v) is 11.4. The Kier molecular flexibility index (Phi) is 6.44. The molecule has 0 aliphatic carbocycles. The lowest BCUT2D eigenvalue weighted by Gasteiger charge is -2.16. The number of hydrogen-bond acceptors (Lipinski definition) is 3. The van der Waals surface area contributed by atoms with Gasteiger partial charge in [-0.3, -0.25) is 0 Å². The summed E-state index contributed by atoms with van der Waals surface area (Å²) in [5.41, 5.74) is 0. The molecule has 0 saturated heterocycles. The molecule has 3 nitrogen and oxygen atoms in total. The van der Waals surface area contributed by atoms with Gasteiger partial charge in [0.2, 0.25) is 0 Å². The third-order valence-corrected chi connectivity index (χ3v) is 5.07. The number of hydrogen-bond donors (Lipinski definition) is 1. The minimum Gasteiger partial charge on any atom is -0.315 e. The SMILES string of the molecule is CC(C)CNCCS(=O)(=O)C(C)C(C)C. The molecule has 1 unspecified atom stereocenters. The Morgan fingerprint density at radius 1 is 1.07 bits per heavy atom. The fourth-order valence-electron chi connectivity index (χ4n) is 1.21. The highest BCUT2D eigenvalue weighted by Gasteiger charge is 2.22. The Balaban J connectivity index is 3.95. The van der Waals surface area contributed by atoms with Gasteiger partial charge in [-0.1, -0.05) is 27.7 Å². The molecule has 1 atom stereocenters. The second-order valence-electron chi connectivity index (χ2n) is 4.91. The molecule has 0 fully saturated rings. The summed E-state index contributed by atoms with van der Waals surface area (Å²) in [4.78, 5) is 0. The molecule has 0 aromatic heterocycles. The highest BCUT2D eigenvalue weighted by molar-refractivity contribution is 7.92. The standard InChI is InChI=1S/C11H25NO2S/c1-9(2)8-12-6-7-15(13,14)11(5)10(3)4/h9-12H,6-8H2,1-5H3. The molecule has 4 heteroatoms. The van der Waals surface area contributed by atoms with Crippen molar-refractivity contribution in [3.05, 3.63) is 0 Å². The van der Waals surface area contributed by atoms with E-state index in [-0.39, 0.29) is 16.9 Å². The molecule has 0 aliphatic heterocycles. The summed E-state index contributed by atoms with van der Waals surface area (Å²) >= 11 is 0. The van der Waals surface area contributed by atoms with Gasteiger partial charge in [0, 0.05) is 6.54 Å². The number of nitrogens with one attached hydrogen (secondary N) is 1. The first-order chi connectivity index (χ1) is 6.77. The van der Waals surface area contributed by atoms with E-state index in [2.05, 4.69) is 19.2 Å². The van der Waals surface area contributed by atoms with Crippen LogP contribution < -0.4 is 5.32 Å². The molecule has 1 N–H and O–H groups in total. The van der Waals surface area contributed by atoms with Crippen molar-refractivity contribution in [1.29, 1.82) is 0 Å². The van der Waals surface area contributed by atoms with E-state index in [0.717, 1.165) is 6.54 Å². The molecule has 0 aromatic carbocycles. The van der Waals surface area contributed by atoms with Gasteiger partial charge in [-0.05, 0) is 25.3 Å². The second kappa shape index (κ2) is 6.48. The van der Waals surface area contributed by atoms with Crippen molar-refractivity contribution in [3.63, 3.8) is 0 Å². The van der Waals surface area contributed by atoms with Crippen LogP contribution in [0.25, 0.3) is 0 Å². The lowest BCUT2D eigenvalue weighted by Crippen LogP contribution is -2.32. The Hall–Kier alpha value is -0.0900. The van der Waals surface area contributed by atoms with Gasteiger partial charge >= 0.3 is 0 Å². The largest absolute Gasteiger partial charge is 0.315 e. The summed E-state index contributed by atoms with van der Waals surface area (Å²) in [6.45, 7) is 11.4. The predicted molar refractivity (Wildman–Crippen MR) is 65.8 cm³/mol. The molecular weight excluding hydrogens is 210 g/mol. The van der Waals surface area contributed by atoms with Gasteiger partial charge in [-0.25, -0.2) is 8.42 Å². The van der Waals surface area contributed by atoms with E-state index < -0.39 is 9.84 Å². The zero-order valence-electron chi connectivity index (χ0n) is 10.6. The van der Waals surface area contributed by atoms with Crippen LogP contribution in [0.15, 0.2) is 0 Å². The van der Waals surface area contributed by atoms with Crippen LogP contribution in [-0.2, 0) is 9.84 Å². The van der Waals surface area contributed by atoms with Crippen LogP contribution in [0.4, 0.5) is 0 Å². The van der Waals surface area contributed by atoms with Gasteiger partial charge in [0.15, 0.2) is 9.84 Å². The van der Waals surface area contributed by atoms with Gasteiger partial charge in [-0.15, -0.1) is 0 Å². The van der Waals surface area contributed by atoms with Crippen molar-refractivity contribution in [3.8, 4) is 0 Å². The first kappa shape index (κ1) is 14.9. The Morgan fingerprint density at radius 3 is 2.00 bits per heavy atom. The van der Waals surface area contributed by atoms with E-state index in [9.17, 15) is 8.42 Å². The van der Waals surface area contributed by atoms with E-state index in [0.29, 0.717) is 12.5 Å². The van der Waals surface area contributed by atoms with E-state index in [1.807, 2.05) is 13.8 Å². The summed E-state index contributed by atoms with van der Waals surface area (Å²) in [7, 11) is -2.92. The number of rotatable bonds is 7. The molecule has 15 heavy (non-hydrogen) atoms. The highest BCUT2D eigenvalue weighted by atomic mass is 32.2. The summed E-state index contributed by atoms with van der Waals surface area (Å²) in [5, 5.41) is 2.92. The lowest BCUT2D eigenvalue weighted by atomic mass is 10.2. The summed E-state index contributed by atoms with van der Waals surface area (Å²) < 4.78 is 23.6. The average Bonchev–Trinajstić information content (AvgIpc) is 2.10. The molecule has 0 aromatic rings. The summed E-state index contributed by atoms with van der Waals surface area (Å²) in [5.74, 6) is 1.01. The maximum absolute atomic E-state index is 11.8. The highest BCUT2D eigenvalue weighted by Crippen LogP contribution is 2.11. The van der Waals surface area contributed by atoms with E-state index >= 15 is 0 Å². The molecule has 0 aliphatic rings. The second-order valence-corrected chi connectivity index (χ2v) is 7.39. The van der Waals surface area contributed by atoms with Crippen LogP contribution >= 0.6 is 0 Å². The van der Waals surface area contributed by atoms with E-state index in [1.54, 1.807) is 6.92 Å². The van der Waals surface area contributed by atoms with Crippen molar-refractivity contribution in [1.82, 2.24) is 5.32 Å². The van der Waals surface area contributed by atoms with E-state index in [1.165, 1.54) is 0 Å². The maximum Gasteiger partial charge on any atom is 0.154 e. The van der Waals surface area contributed by atoms with Crippen molar-refractivity contribution in [2.24, 2.45) is 11.8 Å². The minimum absolute atomic E-state index is 0.195. The number of sulfone groups is 1. The predicted octanol–water partition coefficient (Wildman–Crippen LogP) is 1.69. The van der Waals surface area contributed by atoms with Crippen LogP contribution in [0.2, 0.25) is 0 Å². The minimum atomic E-state index is -2.92. The molecule has 0 radical (unpaired) electrons. The molecular formula is C11H25NO2S. The van der Waals surface area contributed by atoms with Gasteiger partial charge in [0.1, 0.15) is 0 Å². The molecule has 0 spiro atoms. The van der Waals surface area contributed by atoms with E-state index in [4.69, 9.17) is 0 Å². The van der Waals surface area contributed by atoms with Crippen molar-refractivity contribution >= 4 is 9.84 Å². The molecule has 0 saturated carbocycles. The third kappa shape index (κ3) is 6.15. The van der Waals surface area contributed by atoms with Gasteiger partial charge in [-0.2, -0.15) is 0 Å². The molecule has 92 valence electrons. The Morgan fingerprint density at radius 2 is 1.60 bits per heavy atom. The van der Waals surface area contributed by atoms with Crippen LogP contribution in [0.3, 0.4) is 0 Å². The van der Waals surface area contributed by atoms with Crippen LogP contribution in [0.5, 0.6) is 0 Å². The first-order valence-electron chi connectivity index (χ1n) is 5.69. The van der Waals surface area contributed by atoms with Gasteiger partial charge in [0.25, 0.3) is 0 Å². The average molecular weight is 235 g/mol. The quantitative estimate of drug-likeness (QED) is 0.683. The van der Waals surface area contributed by atoms with Crippen LogP contribution in [0, 0.1) is 11.8 Å². The monoisotopic (exact) mass is 235 g/mol. The first-order valence-corrected chi connectivity index (χ1v) is 7.41. The molecule has 0 heterocycles. The Labute approximate surface area is 94.6 Å². The fraction of sp³-hybridized carbons (Fsp3) is 1.00.